The number of alkyl halides is 1. The minimum absolute atomic E-state index is 0.167. The van der Waals surface area contributed by atoms with Gasteiger partial charge in [0.25, 0.3) is 11.8 Å². The Morgan fingerprint density at radius 3 is 2.96 bits per heavy atom. The number of nitrogens with zero attached hydrogens (tertiary/aromatic N) is 3. The highest BCUT2D eigenvalue weighted by Gasteiger charge is 2.44. The second-order valence-electron chi connectivity index (χ2n) is 6.48. The number of aryl methyl sites for hydroxylation is 1. The van der Waals surface area contributed by atoms with Crippen LogP contribution in [0.4, 0.5) is 4.39 Å². The number of rotatable bonds is 5. The molecule has 6 nitrogen and oxygen atoms in total. The lowest BCUT2D eigenvalue weighted by Crippen LogP contribution is -2.56. The Morgan fingerprint density at radius 1 is 1.48 bits per heavy atom. The van der Waals surface area contributed by atoms with Gasteiger partial charge in [-0.05, 0) is 44.6 Å². The number of carbonyl (C=O) groups excluding carboxylic acids is 2. The van der Waals surface area contributed by atoms with E-state index in [1.807, 2.05) is 6.92 Å². The molecule has 2 fully saturated rings. The lowest BCUT2D eigenvalue weighted by atomic mass is 9.93. The quantitative estimate of drug-likeness (QED) is 0.890. The van der Waals surface area contributed by atoms with Gasteiger partial charge in [0.1, 0.15) is 5.69 Å². The summed E-state index contributed by atoms with van der Waals surface area (Å²) in [5, 5.41) is 6.78. The molecule has 2 aliphatic rings. The maximum absolute atomic E-state index is 15.0. The van der Waals surface area contributed by atoms with Crippen LogP contribution in [0.2, 0.25) is 0 Å². The first kappa shape index (κ1) is 16.0. The first-order chi connectivity index (χ1) is 11.0. The van der Waals surface area contributed by atoms with Crippen molar-refractivity contribution in [2.45, 2.75) is 44.8 Å². The van der Waals surface area contributed by atoms with Gasteiger partial charge in [-0.3, -0.25) is 14.3 Å². The number of hydrogen-bond donors (Lipinski definition) is 1. The maximum atomic E-state index is 15.0. The molecule has 0 radical (unpaired) electrons. The van der Waals surface area contributed by atoms with E-state index >= 15 is 4.39 Å². The minimum Gasteiger partial charge on any atom is -0.353 e. The predicted molar refractivity (Wildman–Crippen MR) is 82.6 cm³/mol. The molecular weight excluding hydrogens is 299 g/mol. The lowest BCUT2D eigenvalue weighted by Gasteiger charge is -2.36. The van der Waals surface area contributed by atoms with Crippen molar-refractivity contribution in [3.63, 3.8) is 0 Å². The topological polar surface area (TPSA) is 67.2 Å². The number of amides is 2. The van der Waals surface area contributed by atoms with E-state index in [1.54, 1.807) is 16.9 Å². The monoisotopic (exact) mass is 322 g/mol. The van der Waals surface area contributed by atoms with Gasteiger partial charge in [-0.15, -0.1) is 0 Å². The van der Waals surface area contributed by atoms with Crippen molar-refractivity contribution in [1.82, 2.24) is 20.0 Å². The van der Waals surface area contributed by atoms with Crippen LogP contribution in [-0.2, 0) is 11.3 Å². The fourth-order valence-corrected chi connectivity index (χ4v) is 3.02. The maximum Gasteiger partial charge on any atom is 0.272 e. The highest BCUT2D eigenvalue weighted by molar-refractivity contribution is 5.94. The molecule has 1 aromatic rings. The standard InChI is InChI=1S/C16H23FN4O2/c1-2-21-13(6-8-19-21)14(22)20-9-3-7-16(17,11-20)15(23)18-10-12-4-5-12/h6,8,12H,2-5,7,9-11H2,1H3,(H,18,23). The zero-order valence-electron chi connectivity index (χ0n) is 13.4. The highest BCUT2D eigenvalue weighted by atomic mass is 19.1. The van der Waals surface area contributed by atoms with E-state index in [4.69, 9.17) is 0 Å². The fourth-order valence-electron chi connectivity index (χ4n) is 3.02. The Kier molecular flexibility index (Phi) is 4.37. The van der Waals surface area contributed by atoms with Crippen LogP contribution in [0.1, 0.15) is 43.1 Å². The fraction of sp³-hybridized carbons (Fsp3) is 0.688. The second-order valence-corrected chi connectivity index (χ2v) is 6.48. The third-order valence-corrected chi connectivity index (χ3v) is 4.62. The Balaban J connectivity index is 1.66. The number of halogens is 1. The van der Waals surface area contributed by atoms with E-state index in [9.17, 15) is 9.59 Å². The first-order valence-corrected chi connectivity index (χ1v) is 8.32. The molecule has 126 valence electrons. The van der Waals surface area contributed by atoms with E-state index < -0.39 is 11.6 Å². The molecule has 1 aromatic heterocycles. The molecule has 1 N–H and O–H groups in total. The van der Waals surface area contributed by atoms with E-state index in [0.29, 0.717) is 37.7 Å². The summed E-state index contributed by atoms with van der Waals surface area (Å²) in [5.74, 6) is -0.338. The van der Waals surface area contributed by atoms with Crippen molar-refractivity contribution >= 4 is 11.8 Å². The average molecular weight is 322 g/mol. The SMILES string of the molecule is CCn1nccc1C(=O)N1CCCC(F)(C(=O)NCC2CC2)C1. The van der Waals surface area contributed by atoms with Crippen LogP contribution >= 0.6 is 0 Å². The number of hydrogen-bond acceptors (Lipinski definition) is 3. The van der Waals surface area contributed by atoms with Gasteiger partial charge >= 0.3 is 0 Å². The molecule has 0 spiro atoms. The van der Waals surface area contributed by atoms with Crippen molar-refractivity contribution < 1.29 is 14.0 Å². The van der Waals surface area contributed by atoms with Crippen LogP contribution in [0.3, 0.4) is 0 Å². The van der Waals surface area contributed by atoms with Crippen LogP contribution in [0, 0.1) is 5.92 Å². The van der Waals surface area contributed by atoms with Crippen molar-refractivity contribution in [2.24, 2.45) is 5.92 Å². The molecular formula is C16H23FN4O2. The number of likely N-dealkylation sites (tertiary alicyclic amines) is 1. The van der Waals surface area contributed by atoms with Crippen molar-refractivity contribution in [3.8, 4) is 0 Å². The number of aromatic nitrogens is 2. The van der Waals surface area contributed by atoms with Gasteiger partial charge in [0.05, 0.1) is 6.54 Å². The summed E-state index contributed by atoms with van der Waals surface area (Å²) in [6.45, 7) is 3.29. The molecule has 1 unspecified atom stereocenters. The Bertz CT molecular complexity index is 599. The van der Waals surface area contributed by atoms with Crippen LogP contribution in [0.5, 0.6) is 0 Å². The molecule has 23 heavy (non-hydrogen) atoms. The summed E-state index contributed by atoms with van der Waals surface area (Å²) in [4.78, 5) is 26.2. The summed E-state index contributed by atoms with van der Waals surface area (Å²) in [6.07, 6.45) is 4.42. The summed E-state index contributed by atoms with van der Waals surface area (Å²) in [7, 11) is 0. The molecule has 1 atom stereocenters. The number of carbonyl (C=O) groups is 2. The van der Waals surface area contributed by atoms with E-state index in [0.717, 1.165) is 12.8 Å². The molecule has 2 amide bonds. The Morgan fingerprint density at radius 2 is 2.26 bits per heavy atom. The molecule has 1 aliphatic carbocycles. The van der Waals surface area contributed by atoms with E-state index in [2.05, 4.69) is 10.4 Å². The summed E-state index contributed by atoms with van der Waals surface area (Å²) >= 11 is 0. The normalized spacial score (nSPS) is 24.5. The van der Waals surface area contributed by atoms with Gasteiger partial charge in [0.15, 0.2) is 0 Å². The van der Waals surface area contributed by atoms with Crippen LogP contribution in [0.15, 0.2) is 12.3 Å². The Labute approximate surface area is 135 Å². The van der Waals surface area contributed by atoms with Gasteiger partial charge in [0.2, 0.25) is 5.67 Å². The van der Waals surface area contributed by atoms with E-state index in [1.165, 1.54) is 4.90 Å². The van der Waals surface area contributed by atoms with Gasteiger partial charge in [-0.1, -0.05) is 0 Å². The first-order valence-electron chi connectivity index (χ1n) is 8.32. The second kappa shape index (κ2) is 6.29. The number of piperidine rings is 1. The van der Waals surface area contributed by atoms with Crippen molar-refractivity contribution in [3.05, 3.63) is 18.0 Å². The molecule has 1 aliphatic heterocycles. The van der Waals surface area contributed by atoms with Gasteiger partial charge < -0.3 is 10.2 Å². The predicted octanol–water partition coefficient (Wildman–Crippen LogP) is 1.37. The zero-order valence-corrected chi connectivity index (χ0v) is 13.4. The third-order valence-electron chi connectivity index (χ3n) is 4.62. The van der Waals surface area contributed by atoms with Gasteiger partial charge in [-0.25, -0.2) is 4.39 Å². The smallest absolute Gasteiger partial charge is 0.272 e. The average Bonchev–Trinajstić information content (AvgIpc) is 3.26. The summed E-state index contributed by atoms with van der Waals surface area (Å²) < 4.78 is 16.6. The van der Waals surface area contributed by atoms with E-state index in [-0.39, 0.29) is 18.9 Å². The molecule has 3 rings (SSSR count). The van der Waals surface area contributed by atoms with Gasteiger partial charge in [0, 0.05) is 25.8 Å². The van der Waals surface area contributed by atoms with Crippen molar-refractivity contribution in [1.29, 1.82) is 0 Å². The molecule has 1 saturated heterocycles. The largest absolute Gasteiger partial charge is 0.353 e. The lowest BCUT2D eigenvalue weighted by molar-refractivity contribution is -0.135. The third kappa shape index (κ3) is 3.38. The highest BCUT2D eigenvalue weighted by Crippen LogP contribution is 2.30. The summed E-state index contributed by atoms with van der Waals surface area (Å²) in [6, 6.07) is 1.63. The van der Waals surface area contributed by atoms with Crippen molar-refractivity contribution in [2.75, 3.05) is 19.6 Å². The molecule has 2 heterocycles. The molecule has 0 aromatic carbocycles. The van der Waals surface area contributed by atoms with Crippen LogP contribution in [-0.4, -0.2) is 51.8 Å². The van der Waals surface area contributed by atoms with Crippen LogP contribution in [0.25, 0.3) is 0 Å². The number of nitrogens with one attached hydrogen (secondary N) is 1. The van der Waals surface area contributed by atoms with Crippen LogP contribution < -0.4 is 5.32 Å². The zero-order chi connectivity index (χ0) is 16.4. The minimum atomic E-state index is -1.99. The summed E-state index contributed by atoms with van der Waals surface area (Å²) in [5.41, 5.74) is -1.55. The van der Waals surface area contributed by atoms with Gasteiger partial charge in [-0.2, -0.15) is 5.10 Å². The molecule has 7 heteroatoms. The molecule has 0 bridgehead atoms. The molecule has 1 saturated carbocycles. The Hall–Kier alpha value is -1.92.